The van der Waals surface area contributed by atoms with Crippen LogP contribution in [0.4, 0.5) is 0 Å². The van der Waals surface area contributed by atoms with Crippen molar-refractivity contribution in [3.05, 3.63) is 35.9 Å². The average molecular weight is 390 g/mol. The quantitative estimate of drug-likeness (QED) is 0.752. The van der Waals surface area contributed by atoms with Gasteiger partial charge in [-0.05, 0) is 31.2 Å². The van der Waals surface area contributed by atoms with Crippen LogP contribution < -0.4 is 10.6 Å². The second kappa shape index (κ2) is 9.60. The van der Waals surface area contributed by atoms with E-state index in [1.807, 2.05) is 34.9 Å². The topological polar surface area (TPSA) is 61.4 Å². The SMILES string of the molecule is CCCCC(=O)N1CCC2(CC1)N[C@H](C(=O)NCCc1ccccc1)CS2. The lowest BCUT2D eigenvalue weighted by atomic mass is 10.0. The summed E-state index contributed by atoms with van der Waals surface area (Å²) < 4.78 is 0. The molecule has 0 aromatic heterocycles. The van der Waals surface area contributed by atoms with Crippen molar-refractivity contribution in [2.75, 3.05) is 25.4 Å². The lowest BCUT2D eigenvalue weighted by molar-refractivity contribution is -0.132. The number of likely N-dealkylation sites (tertiary alicyclic amines) is 1. The summed E-state index contributed by atoms with van der Waals surface area (Å²) in [5, 5.41) is 6.64. The number of unbranched alkanes of at least 4 members (excludes halogenated alkanes) is 1. The van der Waals surface area contributed by atoms with Gasteiger partial charge in [0.05, 0.1) is 10.9 Å². The Bertz CT molecular complexity index is 630. The molecule has 3 rings (SSSR count). The van der Waals surface area contributed by atoms with E-state index in [1.54, 1.807) is 0 Å². The first-order chi connectivity index (χ1) is 13.1. The smallest absolute Gasteiger partial charge is 0.238 e. The van der Waals surface area contributed by atoms with Crippen molar-refractivity contribution in [2.24, 2.45) is 0 Å². The van der Waals surface area contributed by atoms with Crippen LogP contribution in [0.1, 0.15) is 44.6 Å². The van der Waals surface area contributed by atoms with E-state index >= 15 is 0 Å². The summed E-state index contributed by atoms with van der Waals surface area (Å²) in [5.41, 5.74) is 1.24. The number of nitrogens with zero attached hydrogens (tertiary/aromatic N) is 1. The molecular weight excluding hydrogens is 358 g/mol. The first-order valence-electron chi connectivity index (χ1n) is 10.1. The molecule has 2 aliphatic rings. The molecule has 1 aromatic rings. The molecule has 0 saturated carbocycles. The Balaban J connectivity index is 1.40. The summed E-state index contributed by atoms with van der Waals surface area (Å²) >= 11 is 1.85. The van der Waals surface area contributed by atoms with Crippen molar-refractivity contribution in [2.45, 2.75) is 56.4 Å². The van der Waals surface area contributed by atoms with Gasteiger partial charge in [0, 0.05) is 31.8 Å². The highest BCUT2D eigenvalue weighted by atomic mass is 32.2. The van der Waals surface area contributed by atoms with Crippen molar-refractivity contribution in [1.82, 2.24) is 15.5 Å². The van der Waals surface area contributed by atoms with Gasteiger partial charge in [-0.15, -0.1) is 11.8 Å². The summed E-state index contributed by atoms with van der Waals surface area (Å²) in [4.78, 5) is 26.7. The van der Waals surface area contributed by atoms with Crippen LogP contribution in [0.15, 0.2) is 30.3 Å². The third kappa shape index (κ3) is 5.48. The predicted molar refractivity (Wildman–Crippen MR) is 111 cm³/mol. The molecule has 2 heterocycles. The molecule has 0 radical (unpaired) electrons. The van der Waals surface area contributed by atoms with Gasteiger partial charge in [0.1, 0.15) is 0 Å². The van der Waals surface area contributed by atoms with Crippen LogP contribution in [0.2, 0.25) is 0 Å². The molecular formula is C21H31N3O2S. The van der Waals surface area contributed by atoms with E-state index in [0.29, 0.717) is 13.0 Å². The lowest BCUT2D eigenvalue weighted by Crippen LogP contribution is -2.54. The van der Waals surface area contributed by atoms with Crippen molar-refractivity contribution < 1.29 is 9.59 Å². The second-order valence-corrected chi connectivity index (χ2v) is 8.92. The van der Waals surface area contributed by atoms with E-state index in [2.05, 4.69) is 29.7 Å². The van der Waals surface area contributed by atoms with Gasteiger partial charge >= 0.3 is 0 Å². The molecule has 2 aliphatic heterocycles. The molecule has 2 fully saturated rings. The van der Waals surface area contributed by atoms with Gasteiger partial charge in [-0.2, -0.15) is 0 Å². The number of nitrogens with one attached hydrogen (secondary N) is 2. The highest BCUT2D eigenvalue weighted by Crippen LogP contribution is 2.39. The van der Waals surface area contributed by atoms with Gasteiger partial charge in [0.2, 0.25) is 11.8 Å². The monoisotopic (exact) mass is 389 g/mol. The van der Waals surface area contributed by atoms with Crippen LogP contribution in [0.5, 0.6) is 0 Å². The Morgan fingerprint density at radius 3 is 2.70 bits per heavy atom. The average Bonchev–Trinajstić information content (AvgIpc) is 3.11. The summed E-state index contributed by atoms with van der Waals surface area (Å²) in [7, 11) is 0. The van der Waals surface area contributed by atoms with Crippen molar-refractivity contribution in [3.63, 3.8) is 0 Å². The molecule has 2 saturated heterocycles. The largest absolute Gasteiger partial charge is 0.354 e. The van der Waals surface area contributed by atoms with Gasteiger partial charge in [0.15, 0.2) is 0 Å². The third-order valence-corrected chi connectivity index (χ3v) is 7.08. The Kier molecular flexibility index (Phi) is 7.19. The highest BCUT2D eigenvalue weighted by Gasteiger charge is 2.44. The van der Waals surface area contributed by atoms with Crippen LogP contribution in [-0.4, -0.2) is 53.0 Å². The molecule has 0 bridgehead atoms. The Morgan fingerprint density at radius 1 is 1.26 bits per heavy atom. The molecule has 2 amide bonds. The van der Waals surface area contributed by atoms with Crippen LogP contribution in [0.25, 0.3) is 0 Å². The van der Waals surface area contributed by atoms with E-state index in [1.165, 1.54) is 5.56 Å². The Morgan fingerprint density at radius 2 is 2.00 bits per heavy atom. The van der Waals surface area contributed by atoms with Crippen LogP contribution >= 0.6 is 11.8 Å². The van der Waals surface area contributed by atoms with E-state index in [9.17, 15) is 9.59 Å². The van der Waals surface area contributed by atoms with Gasteiger partial charge in [-0.1, -0.05) is 43.7 Å². The summed E-state index contributed by atoms with van der Waals surface area (Å²) in [6, 6.07) is 10.1. The summed E-state index contributed by atoms with van der Waals surface area (Å²) in [6.07, 6.45) is 5.39. The molecule has 1 spiro atoms. The fraction of sp³-hybridized carbons (Fsp3) is 0.619. The predicted octanol–water partition coefficient (Wildman–Crippen LogP) is 2.56. The standard InChI is InChI=1S/C21H31N3O2S/c1-2-3-9-19(25)24-14-11-21(12-15-24)23-18(16-27-21)20(26)22-13-10-17-7-5-4-6-8-17/h4-8,18,23H,2-3,9-16H2,1H3,(H,22,26)/t18-/m0/s1. The maximum Gasteiger partial charge on any atom is 0.238 e. The number of carbonyl (C=O) groups is 2. The van der Waals surface area contributed by atoms with Gasteiger partial charge in [-0.25, -0.2) is 0 Å². The normalized spacial score (nSPS) is 21.4. The van der Waals surface area contributed by atoms with Crippen LogP contribution in [-0.2, 0) is 16.0 Å². The van der Waals surface area contributed by atoms with Gasteiger partial charge < -0.3 is 10.2 Å². The number of hydrogen-bond donors (Lipinski definition) is 2. The Hall–Kier alpha value is -1.53. The summed E-state index contributed by atoms with van der Waals surface area (Å²) in [6.45, 7) is 4.37. The van der Waals surface area contributed by atoms with E-state index in [4.69, 9.17) is 0 Å². The molecule has 1 aromatic carbocycles. The second-order valence-electron chi connectivity index (χ2n) is 7.51. The fourth-order valence-corrected chi connectivity index (χ4v) is 5.19. The number of thioether (sulfide) groups is 1. The number of carbonyl (C=O) groups excluding carboxylic acids is 2. The number of hydrogen-bond acceptors (Lipinski definition) is 4. The molecule has 5 nitrogen and oxygen atoms in total. The minimum absolute atomic E-state index is 0.0387. The first kappa shape index (κ1) is 20.2. The molecule has 0 aliphatic carbocycles. The van der Waals surface area contributed by atoms with Crippen LogP contribution in [0, 0.1) is 0 Å². The van der Waals surface area contributed by atoms with Crippen molar-refractivity contribution in [3.8, 4) is 0 Å². The number of benzene rings is 1. The Labute approximate surface area is 166 Å². The summed E-state index contributed by atoms with van der Waals surface area (Å²) in [5.74, 6) is 1.18. The maximum absolute atomic E-state index is 12.5. The maximum atomic E-state index is 12.5. The number of rotatable bonds is 7. The van der Waals surface area contributed by atoms with E-state index < -0.39 is 0 Å². The molecule has 148 valence electrons. The molecule has 1 atom stereocenters. The van der Waals surface area contributed by atoms with Crippen molar-refractivity contribution in [1.29, 1.82) is 0 Å². The molecule has 27 heavy (non-hydrogen) atoms. The highest BCUT2D eigenvalue weighted by molar-refractivity contribution is 8.01. The number of piperidine rings is 1. The van der Waals surface area contributed by atoms with Gasteiger partial charge in [0.25, 0.3) is 0 Å². The molecule has 0 unspecified atom stereocenters. The minimum Gasteiger partial charge on any atom is -0.354 e. The molecule has 6 heteroatoms. The molecule has 2 N–H and O–H groups in total. The van der Waals surface area contributed by atoms with Gasteiger partial charge in [-0.3, -0.25) is 14.9 Å². The number of amides is 2. The van der Waals surface area contributed by atoms with Crippen LogP contribution in [0.3, 0.4) is 0 Å². The first-order valence-corrected chi connectivity index (χ1v) is 11.1. The minimum atomic E-state index is -0.131. The third-order valence-electron chi connectivity index (χ3n) is 5.50. The van der Waals surface area contributed by atoms with Crippen molar-refractivity contribution >= 4 is 23.6 Å². The van der Waals surface area contributed by atoms with E-state index in [-0.39, 0.29) is 22.7 Å². The lowest BCUT2D eigenvalue weighted by Gasteiger charge is -2.39. The van der Waals surface area contributed by atoms with E-state index in [0.717, 1.165) is 50.9 Å². The zero-order valence-corrected chi connectivity index (χ0v) is 17.0. The fourth-order valence-electron chi connectivity index (χ4n) is 3.77. The zero-order valence-electron chi connectivity index (χ0n) is 16.2. The zero-order chi connectivity index (χ0) is 19.1.